The summed E-state index contributed by atoms with van der Waals surface area (Å²) in [6.45, 7) is 0. The first-order chi connectivity index (χ1) is 16.8. The van der Waals surface area contributed by atoms with Crippen molar-refractivity contribution in [3.8, 4) is 0 Å². The monoisotopic (exact) mass is 464 g/mol. The summed E-state index contributed by atoms with van der Waals surface area (Å²) in [6, 6.07) is 19.2. The molecule has 3 aromatic carbocycles. The van der Waals surface area contributed by atoms with E-state index in [2.05, 4.69) is 9.97 Å². The normalized spacial score (nSPS) is 27.9. The quantitative estimate of drug-likeness (QED) is 0.411. The van der Waals surface area contributed by atoms with E-state index in [4.69, 9.17) is 4.74 Å². The van der Waals surface area contributed by atoms with Gasteiger partial charge in [0.2, 0.25) is 28.7 Å². The zero-order valence-electron chi connectivity index (χ0n) is 18.0. The van der Waals surface area contributed by atoms with Gasteiger partial charge in [-0.25, -0.2) is 4.98 Å². The number of hydrogen-bond donors (Lipinski definition) is 2. The van der Waals surface area contributed by atoms with Gasteiger partial charge in [0.05, 0.1) is 22.6 Å². The lowest BCUT2D eigenvalue weighted by Gasteiger charge is -2.32. The van der Waals surface area contributed by atoms with Crippen molar-refractivity contribution in [2.75, 3.05) is 0 Å². The van der Waals surface area contributed by atoms with Crippen LogP contribution in [0.1, 0.15) is 48.2 Å². The predicted molar refractivity (Wildman–Crippen MR) is 121 cm³/mol. The Hall–Kier alpha value is -4.11. The summed E-state index contributed by atoms with van der Waals surface area (Å²) < 4.78 is 6.03. The van der Waals surface area contributed by atoms with Crippen molar-refractivity contribution >= 4 is 28.4 Å². The Morgan fingerprint density at radius 2 is 1.29 bits per heavy atom. The van der Waals surface area contributed by atoms with Crippen LogP contribution in [-0.2, 0) is 10.5 Å². The highest BCUT2D eigenvalue weighted by atomic mass is 16.7. The van der Waals surface area contributed by atoms with Gasteiger partial charge in [-0.15, -0.1) is 0 Å². The number of nitrogens with zero attached hydrogens (tertiary/aromatic N) is 2. The second kappa shape index (κ2) is 6.31. The van der Waals surface area contributed by atoms with E-state index in [-0.39, 0.29) is 27.9 Å². The van der Waals surface area contributed by atoms with Crippen LogP contribution in [-0.4, -0.2) is 48.7 Å². The second-order valence-electron chi connectivity index (χ2n) is 9.04. The van der Waals surface area contributed by atoms with Crippen LogP contribution in [0.25, 0.3) is 11.0 Å². The van der Waals surface area contributed by atoms with E-state index >= 15 is 0 Å². The van der Waals surface area contributed by atoms with E-state index in [1.165, 1.54) is 30.5 Å². The maximum atomic E-state index is 13.9. The van der Waals surface area contributed by atoms with Gasteiger partial charge in [-0.05, 0) is 12.1 Å². The minimum atomic E-state index is -2.71. The molecule has 0 amide bonds. The molecule has 2 N–H and O–H groups in total. The largest absolute Gasteiger partial charge is 0.376 e. The zero-order valence-corrected chi connectivity index (χ0v) is 18.0. The fourth-order valence-corrected chi connectivity index (χ4v) is 5.86. The van der Waals surface area contributed by atoms with E-state index in [1.807, 2.05) is 0 Å². The minimum absolute atomic E-state index is 0.0142. The van der Waals surface area contributed by atoms with E-state index in [0.29, 0.717) is 11.0 Å². The van der Waals surface area contributed by atoms with Crippen LogP contribution in [0, 0.1) is 0 Å². The van der Waals surface area contributed by atoms with Crippen molar-refractivity contribution in [1.29, 1.82) is 0 Å². The first-order valence-corrected chi connectivity index (χ1v) is 11.0. The number of benzene rings is 3. The van der Waals surface area contributed by atoms with Gasteiger partial charge < -0.3 is 14.9 Å². The van der Waals surface area contributed by atoms with Crippen LogP contribution in [0.5, 0.6) is 0 Å². The molecule has 0 bridgehead atoms. The summed E-state index contributed by atoms with van der Waals surface area (Å²) in [5.74, 6) is -6.68. The molecule has 3 atom stereocenters. The number of rotatable bonds is 1. The molecule has 1 aromatic heterocycles. The van der Waals surface area contributed by atoms with Gasteiger partial charge in [-0.1, -0.05) is 60.7 Å². The average molecular weight is 464 g/mol. The van der Waals surface area contributed by atoms with Gasteiger partial charge in [0.25, 0.3) is 0 Å². The SMILES string of the molecule is O=C1c2ccccc2C(=O)C12O[C@]1(O)c3ccccc3C(=O)[C@@]1(O)[C@H]2c1cnc2ccccc2n1. The highest BCUT2D eigenvalue weighted by molar-refractivity contribution is 6.34. The van der Waals surface area contributed by atoms with E-state index in [0.717, 1.165) is 0 Å². The van der Waals surface area contributed by atoms with Gasteiger partial charge >= 0.3 is 0 Å². The van der Waals surface area contributed by atoms with Gasteiger partial charge in [0.15, 0.2) is 5.60 Å². The lowest BCUT2D eigenvalue weighted by atomic mass is 9.70. The fourth-order valence-electron chi connectivity index (χ4n) is 5.86. The van der Waals surface area contributed by atoms with E-state index in [9.17, 15) is 24.6 Å². The van der Waals surface area contributed by atoms with Crippen molar-refractivity contribution in [3.63, 3.8) is 0 Å². The Morgan fingerprint density at radius 3 is 1.97 bits per heavy atom. The third-order valence-electron chi connectivity index (χ3n) is 7.39. The molecule has 8 heteroatoms. The summed E-state index contributed by atoms with van der Waals surface area (Å²) in [6.07, 6.45) is 1.31. The summed E-state index contributed by atoms with van der Waals surface area (Å²) >= 11 is 0. The maximum absolute atomic E-state index is 13.9. The van der Waals surface area contributed by atoms with Crippen LogP contribution in [0.3, 0.4) is 0 Å². The van der Waals surface area contributed by atoms with Gasteiger partial charge in [0, 0.05) is 28.5 Å². The number of aromatic nitrogens is 2. The number of aliphatic hydroxyl groups is 2. The molecule has 2 heterocycles. The van der Waals surface area contributed by atoms with Crippen molar-refractivity contribution in [2.24, 2.45) is 0 Å². The van der Waals surface area contributed by atoms with Gasteiger partial charge in [-0.3, -0.25) is 19.4 Å². The van der Waals surface area contributed by atoms with Crippen LogP contribution in [0.15, 0.2) is 79.0 Å². The van der Waals surface area contributed by atoms with E-state index < -0.39 is 40.3 Å². The molecular weight excluding hydrogens is 448 g/mol. The molecule has 4 aromatic rings. The molecule has 1 fully saturated rings. The molecule has 1 spiro atoms. The molecule has 3 aliphatic rings. The summed E-state index contributed by atoms with van der Waals surface area (Å²) in [7, 11) is 0. The first-order valence-electron chi connectivity index (χ1n) is 11.0. The lowest BCUT2D eigenvalue weighted by Crippen LogP contribution is -2.54. The number of hydrogen-bond acceptors (Lipinski definition) is 8. The third-order valence-corrected chi connectivity index (χ3v) is 7.39. The molecule has 7 rings (SSSR count). The number of Topliss-reactive ketones (excluding diaryl/α,β-unsaturated/α-hetero) is 3. The number of carbonyl (C=O) groups is 3. The smallest absolute Gasteiger partial charge is 0.233 e. The number of ketones is 3. The first kappa shape index (κ1) is 20.3. The number of carbonyl (C=O) groups excluding carboxylic acids is 3. The summed E-state index contributed by atoms with van der Waals surface area (Å²) in [5.41, 5.74) is -3.96. The van der Waals surface area contributed by atoms with Gasteiger partial charge in [0.1, 0.15) is 0 Å². The Bertz CT molecular complexity index is 1610. The van der Waals surface area contributed by atoms with Crippen molar-refractivity contribution in [1.82, 2.24) is 9.97 Å². The summed E-state index contributed by atoms with van der Waals surface area (Å²) in [5, 5.41) is 24.0. The fraction of sp³-hybridized carbons (Fsp3) is 0.148. The van der Waals surface area contributed by atoms with Crippen LogP contribution in [0.2, 0.25) is 0 Å². The Morgan fingerprint density at radius 1 is 0.714 bits per heavy atom. The van der Waals surface area contributed by atoms with Crippen molar-refractivity contribution in [2.45, 2.75) is 22.9 Å². The third kappa shape index (κ3) is 2.11. The highest BCUT2D eigenvalue weighted by Crippen LogP contribution is 2.65. The molecule has 0 unspecified atom stereocenters. The maximum Gasteiger partial charge on any atom is 0.233 e. The van der Waals surface area contributed by atoms with E-state index in [1.54, 1.807) is 48.5 Å². The molecule has 1 aliphatic heterocycles. The number of para-hydroxylation sites is 2. The Balaban J connectivity index is 1.57. The molecule has 170 valence electrons. The minimum Gasteiger partial charge on any atom is -0.376 e. The van der Waals surface area contributed by atoms with Crippen molar-refractivity contribution < 1.29 is 29.3 Å². The highest BCUT2D eigenvalue weighted by Gasteiger charge is 2.83. The van der Waals surface area contributed by atoms with Crippen LogP contribution >= 0.6 is 0 Å². The predicted octanol–water partition coefficient (Wildman–Crippen LogP) is 2.33. The molecule has 8 nitrogen and oxygen atoms in total. The topological polar surface area (TPSA) is 127 Å². The number of ether oxygens (including phenoxy) is 1. The molecule has 1 saturated heterocycles. The molecule has 35 heavy (non-hydrogen) atoms. The van der Waals surface area contributed by atoms with Gasteiger partial charge in [-0.2, -0.15) is 0 Å². The average Bonchev–Trinajstić information content (AvgIpc) is 3.31. The molecule has 2 aliphatic carbocycles. The second-order valence-corrected chi connectivity index (χ2v) is 9.04. The lowest BCUT2D eigenvalue weighted by molar-refractivity contribution is -0.255. The zero-order chi connectivity index (χ0) is 24.2. The standard InChI is InChI=1S/C27H16N2O6/c30-22-14-7-1-2-8-15(14)23(31)25(22)21(20-13-28-18-11-5-6-12-19(18)29-20)26(33)24(32)16-9-3-4-10-17(16)27(26,34)35-25/h1-13,21,33-34H/t21-,26-,27+/m0/s1. The molecular formula is C27H16N2O6. The molecule has 0 saturated carbocycles. The Kier molecular flexibility index (Phi) is 3.65. The molecule has 0 radical (unpaired) electrons. The summed E-state index contributed by atoms with van der Waals surface area (Å²) in [4.78, 5) is 50.4. The van der Waals surface area contributed by atoms with Crippen molar-refractivity contribution in [3.05, 3.63) is 107 Å². The van der Waals surface area contributed by atoms with Crippen LogP contribution < -0.4 is 0 Å². The number of fused-ring (bicyclic) bond motifs is 5. The Labute approximate surface area is 197 Å². The van der Waals surface area contributed by atoms with Crippen LogP contribution in [0.4, 0.5) is 0 Å².